The van der Waals surface area contributed by atoms with Crippen LogP contribution in [-0.2, 0) is 36.1 Å². The number of halogens is 1. The summed E-state index contributed by atoms with van der Waals surface area (Å²) >= 11 is 6.00. The molecule has 1 aromatic rings. The van der Waals surface area contributed by atoms with Crippen molar-refractivity contribution in [2.75, 3.05) is 51.4 Å². The van der Waals surface area contributed by atoms with Crippen LogP contribution in [0.3, 0.4) is 0 Å². The van der Waals surface area contributed by atoms with Gasteiger partial charge in [-0.05, 0) is 43.9 Å². The highest BCUT2D eigenvalue weighted by Crippen LogP contribution is 2.23. The molecule has 1 aromatic carbocycles. The Kier molecular flexibility index (Phi) is 11.2. The Morgan fingerprint density at radius 2 is 1.74 bits per heavy atom. The van der Waals surface area contributed by atoms with Crippen LogP contribution >= 0.6 is 11.6 Å². The number of hydrogen-bond donors (Lipinski definition) is 0. The Balaban J connectivity index is 2.25. The van der Waals surface area contributed by atoms with Gasteiger partial charge < -0.3 is 9.64 Å². The maximum atomic E-state index is 13.5. The van der Waals surface area contributed by atoms with Gasteiger partial charge in [-0.3, -0.25) is 4.79 Å². The smallest absolute Gasteiger partial charge is 0.238 e. The molecule has 1 heterocycles. The van der Waals surface area contributed by atoms with Gasteiger partial charge in [0.05, 0.1) is 24.7 Å². The molecular weight excluding hydrogens is 502 g/mol. The number of ether oxygens (including phenoxy) is 1. The molecule has 0 atom stereocenters. The molecule has 1 amide bonds. The van der Waals surface area contributed by atoms with Crippen LogP contribution < -0.4 is 0 Å². The van der Waals surface area contributed by atoms with E-state index in [1.165, 1.54) is 15.7 Å². The topological polar surface area (TPSA) is 104 Å². The monoisotopic (exact) mass is 537 g/mol. The zero-order chi connectivity index (χ0) is 25.4. The SMILES string of the molecule is CCCS(=O)(=O)N(CCOC)CC(=O)N(Cc1ccc(Cl)cc1)C1CCN(S(=O)(=O)CC)CC1. The molecule has 34 heavy (non-hydrogen) atoms. The van der Waals surface area contributed by atoms with Gasteiger partial charge in [-0.25, -0.2) is 21.1 Å². The molecule has 1 saturated heterocycles. The summed E-state index contributed by atoms with van der Waals surface area (Å²) in [6.07, 6.45) is 1.41. The van der Waals surface area contributed by atoms with Crippen LogP contribution in [0.4, 0.5) is 0 Å². The molecule has 0 radical (unpaired) electrons. The van der Waals surface area contributed by atoms with E-state index in [1.54, 1.807) is 30.9 Å². The molecular formula is C22H36ClN3O6S2. The number of amides is 1. The number of carbonyl (C=O) groups excluding carboxylic acids is 1. The largest absolute Gasteiger partial charge is 0.383 e. The average molecular weight is 538 g/mol. The number of piperidine rings is 1. The van der Waals surface area contributed by atoms with Crippen molar-refractivity contribution in [1.82, 2.24) is 13.5 Å². The van der Waals surface area contributed by atoms with Crippen LogP contribution in [0.5, 0.6) is 0 Å². The van der Waals surface area contributed by atoms with Gasteiger partial charge in [0.15, 0.2) is 0 Å². The van der Waals surface area contributed by atoms with Crippen LogP contribution in [0.15, 0.2) is 24.3 Å². The number of sulfonamides is 2. The third kappa shape index (κ3) is 8.17. The second kappa shape index (κ2) is 13.2. The van der Waals surface area contributed by atoms with Crippen molar-refractivity contribution in [3.05, 3.63) is 34.9 Å². The number of carbonyl (C=O) groups is 1. The lowest BCUT2D eigenvalue weighted by Crippen LogP contribution is -2.51. The number of hydrogen-bond acceptors (Lipinski definition) is 6. The summed E-state index contributed by atoms with van der Waals surface area (Å²) in [5.74, 6) is -0.328. The van der Waals surface area contributed by atoms with Gasteiger partial charge in [0, 0.05) is 44.4 Å². The number of benzene rings is 1. The summed E-state index contributed by atoms with van der Waals surface area (Å²) in [4.78, 5) is 15.2. The molecule has 1 fully saturated rings. The van der Waals surface area contributed by atoms with Crippen LogP contribution in [0.2, 0.25) is 5.02 Å². The van der Waals surface area contributed by atoms with E-state index in [-0.39, 0.29) is 49.7 Å². The van der Waals surface area contributed by atoms with Crippen LogP contribution in [0.1, 0.15) is 38.7 Å². The average Bonchev–Trinajstić information content (AvgIpc) is 2.81. The van der Waals surface area contributed by atoms with E-state index < -0.39 is 20.0 Å². The van der Waals surface area contributed by atoms with Crippen molar-refractivity contribution in [3.8, 4) is 0 Å². The highest BCUT2D eigenvalue weighted by Gasteiger charge is 2.34. The Hall–Kier alpha value is -1.24. The molecule has 0 spiro atoms. The first-order chi connectivity index (χ1) is 16.0. The predicted molar refractivity (Wildman–Crippen MR) is 134 cm³/mol. The first-order valence-corrected chi connectivity index (χ1v) is 15.1. The van der Waals surface area contributed by atoms with Gasteiger partial charge in [-0.15, -0.1) is 0 Å². The van der Waals surface area contributed by atoms with E-state index in [9.17, 15) is 21.6 Å². The lowest BCUT2D eigenvalue weighted by atomic mass is 10.0. The maximum Gasteiger partial charge on any atom is 0.238 e. The van der Waals surface area contributed by atoms with Crippen molar-refractivity contribution < 1.29 is 26.4 Å². The van der Waals surface area contributed by atoms with Gasteiger partial charge in [0.25, 0.3) is 0 Å². The fourth-order valence-corrected chi connectivity index (χ4v) is 6.65. The van der Waals surface area contributed by atoms with E-state index in [0.717, 1.165) is 5.56 Å². The molecule has 1 aliphatic rings. The quantitative estimate of drug-likeness (QED) is 0.382. The lowest BCUT2D eigenvalue weighted by Gasteiger charge is -2.39. The minimum Gasteiger partial charge on any atom is -0.383 e. The molecule has 9 nitrogen and oxygen atoms in total. The molecule has 0 aromatic heterocycles. The van der Waals surface area contributed by atoms with Crippen LogP contribution in [0, 0.1) is 0 Å². The summed E-state index contributed by atoms with van der Waals surface area (Å²) < 4.78 is 57.7. The number of methoxy groups -OCH3 is 1. The van der Waals surface area contributed by atoms with Crippen molar-refractivity contribution in [2.45, 2.75) is 45.7 Å². The van der Waals surface area contributed by atoms with E-state index in [2.05, 4.69) is 0 Å². The second-order valence-corrected chi connectivity index (χ2v) is 13.1. The number of rotatable bonds is 13. The Labute approximate surface area is 209 Å². The fraction of sp³-hybridized carbons (Fsp3) is 0.682. The minimum absolute atomic E-state index is 0.0365. The Bertz CT molecular complexity index is 994. The van der Waals surface area contributed by atoms with Gasteiger partial charge in [0.2, 0.25) is 26.0 Å². The maximum absolute atomic E-state index is 13.5. The molecule has 0 bridgehead atoms. The summed E-state index contributed by atoms with van der Waals surface area (Å²) in [6.45, 7) is 4.31. The van der Waals surface area contributed by atoms with E-state index in [4.69, 9.17) is 16.3 Å². The molecule has 0 aliphatic carbocycles. The van der Waals surface area contributed by atoms with E-state index in [0.29, 0.717) is 37.4 Å². The molecule has 2 rings (SSSR count). The Morgan fingerprint density at radius 3 is 2.26 bits per heavy atom. The molecule has 1 aliphatic heterocycles. The molecule has 0 N–H and O–H groups in total. The second-order valence-electron chi connectivity index (χ2n) is 8.32. The third-order valence-electron chi connectivity index (χ3n) is 5.92. The third-order valence-corrected chi connectivity index (χ3v) is 10.1. The summed E-state index contributed by atoms with van der Waals surface area (Å²) in [5, 5.41) is 0.580. The first-order valence-electron chi connectivity index (χ1n) is 11.5. The van der Waals surface area contributed by atoms with Crippen molar-refractivity contribution in [3.63, 3.8) is 0 Å². The first kappa shape index (κ1) is 29.0. The number of nitrogens with zero attached hydrogens (tertiary/aromatic N) is 3. The lowest BCUT2D eigenvalue weighted by molar-refractivity contribution is -0.135. The van der Waals surface area contributed by atoms with Crippen LogP contribution in [-0.4, -0.2) is 93.7 Å². The summed E-state index contributed by atoms with van der Waals surface area (Å²) in [6, 6.07) is 6.94. The molecule has 0 saturated carbocycles. The van der Waals surface area contributed by atoms with Crippen LogP contribution in [0.25, 0.3) is 0 Å². The zero-order valence-electron chi connectivity index (χ0n) is 20.2. The molecule has 194 valence electrons. The molecule has 0 unspecified atom stereocenters. The summed E-state index contributed by atoms with van der Waals surface area (Å²) in [5.41, 5.74) is 0.862. The standard InChI is InChI=1S/C22H36ClN3O6S2/c1-4-16-34(30,31)25(14-15-32-3)18-22(27)26(17-19-6-8-20(23)9-7-19)21-10-12-24(13-11-21)33(28,29)5-2/h6-9,21H,4-5,10-18H2,1-3H3. The summed E-state index contributed by atoms with van der Waals surface area (Å²) in [7, 11) is -5.43. The Morgan fingerprint density at radius 1 is 1.12 bits per heavy atom. The van der Waals surface area contributed by atoms with Gasteiger partial charge in [0.1, 0.15) is 0 Å². The molecule has 12 heteroatoms. The normalized spacial score (nSPS) is 16.1. The van der Waals surface area contributed by atoms with Crippen molar-refractivity contribution in [2.24, 2.45) is 0 Å². The van der Waals surface area contributed by atoms with Crippen molar-refractivity contribution >= 4 is 37.6 Å². The van der Waals surface area contributed by atoms with E-state index >= 15 is 0 Å². The highest BCUT2D eigenvalue weighted by atomic mass is 35.5. The van der Waals surface area contributed by atoms with Gasteiger partial charge >= 0.3 is 0 Å². The fourth-order valence-electron chi connectivity index (χ4n) is 3.96. The zero-order valence-corrected chi connectivity index (χ0v) is 22.5. The van der Waals surface area contributed by atoms with Gasteiger partial charge in [-0.2, -0.15) is 4.31 Å². The van der Waals surface area contributed by atoms with Gasteiger partial charge in [-0.1, -0.05) is 30.7 Å². The predicted octanol–water partition coefficient (Wildman–Crippen LogP) is 2.17. The van der Waals surface area contributed by atoms with Crippen molar-refractivity contribution in [1.29, 1.82) is 0 Å². The van der Waals surface area contributed by atoms with E-state index in [1.807, 2.05) is 12.1 Å². The highest BCUT2D eigenvalue weighted by molar-refractivity contribution is 7.89. The minimum atomic E-state index is -3.61.